The first-order valence-corrected chi connectivity index (χ1v) is 2.37. The van der Waals surface area contributed by atoms with E-state index < -0.39 is 6.16 Å². The highest BCUT2D eigenvalue weighted by Crippen LogP contribution is 1.89. The van der Waals surface area contributed by atoms with Gasteiger partial charge in [0, 0.05) is 0 Å². The van der Waals surface area contributed by atoms with Crippen LogP contribution in [-0.2, 0) is 9.47 Å². The summed E-state index contributed by atoms with van der Waals surface area (Å²) in [6.07, 6.45) is 0.0431. The molecule has 0 aliphatic rings. The van der Waals surface area contributed by atoms with Crippen molar-refractivity contribution in [1.29, 1.82) is 0 Å². The summed E-state index contributed by atoms with van der Waals surface area (Å²) in [6, 6.07) is 0. The average molecular weight is 117 g/mol. The van der Waals surface area contributed by atoms with Crippen LogP contribution in [0.1, 0.15) is 13.3 Å². The van der Waals surface area contributed by atoms with Crippen LogP contribution in [0.3, 0.4) is 0 Å². The first-order valence-electron chi connectivity index (χ1n) is 2.37. The molecule has 0 N–H and O–H groups in total. The summed E-state index contributed by atoms with van der Waals surface area (Å²) >= 11 is 0. The Hall–Kier alpha value is -0.730. The summed E-state index contributed by atoms with van der Waals surface area (Å²) < 4.78 is 8.51. The fraction of sp³-hybridized carbons (Fsp3) is 0.600. The van der Waals surface area contributed by atoms with Crippen LogP contribution in [0.15, 0.2) is 0 Å². The fourth-order valence-corrected chi connectivity index (χ4v) is 0.199. The molecule has 8 heavy (non-hydrogen) atoms. The Labute approximate surface area is 48.6 Å². The normalized spacial score (nSPS) is 8.25. The second kappa shape index (κ2) is 4.43. The topological polar surface area (TPSA) is 35.5 Å². The van der Waals surface area contributed by atoms with E-state index >= 15 is 0 Å². The summed E-state index contributed by atoms with van der Waals surface area (Å²) in [5.41, 5.74) is 0. The molecule has 3 heteroatoms. The first-order chi connectivity index (χ1) is 3.81. The van der Waals surface area contributed by atoms with Crippen LogP contribution in [0, 0.1) is 6.61 Å². The van der Waals surface area contributed by atoms with E-state index in [4.69, 9.17) is 0 Å². The number of rotatable bonds is 2. The average Bonchev–Trinajstić information content (AvgIpc) is 1.83. The molecule has 0 amide bonds. The number of carbonyl (C=O) groups excluding carboxylic acids is 1. The molecule has 0 aromatic carbocycles. The Bertz CT molecular complexity index is 70.1. The molecule has 0 rings (SSSR count). The SMILES string of the molecule is CC[CH]OC(=O)OC. The predicted octanol–water partition coefficient (Wildman–Crippen LogP) is 1.34. The van der Waals surface area contributed by atoms with E-state index in [-0.39, 0.29) is 0 Å². The predicted molar refractivity (Wildman–Crippen MR) is 28.1 cm³/mol. The van der Waals surface area contributed by atoms with Crippen LogP contribution in [0.5, 0.6) is 0 Å². The third kappa shape index (κ3) is 3.46. The van der Waals surface area contributed by atoms with Crippen molar-refractivity contribution in [2.75, 3.05) is 7.11 Å². The summed E-state index contributed by atoms with van der Waals surface area (Å²) in [4.78, 5) is 10.1. The summed E-state index contributed by atoms with van der Waals surface area (Å²) in [7, 11) is 1.27. The molecule has 0 aromatic heterocycles. The van der Waals surface area contributed by atoms with Gasteiger partial charge in [0.15, 0.2) is 0 Å². The van der Waals surface area contributed by atoms with Crippen LogP contribution in [0.25, 0.3) is 0 Å². The van der Waals surface area contributed by atoms with Gasteiger partial charge in [0.25, 0.3) is 0 Å². The fourth-order valence-electron chi connectivity index (χ4n) is 0.199. The molecule has 47 valence electrons. The standard InChI is InChI=1S/C5H9O3/c1-3-4-8-5(6)7-2/h4H,3H2,1-2H3. The maximum atomic E-state index is 10.1. The molecule has 1 radical (unpaired) electrons. The van der Waals surface area contributed by atoms with Crippen molar-refractivity contribution in [3.05, 3.63) is 6.61 Å². The summed E-state index contributed by atoms with van der Waals surface area (Å²) in [5.74, 6) is 0. The minimum Gasteiger partial charge on any atom is -0.438 e. The lowest BCUT2D eigenvalue weighted by molar-refractivity contribution is 0.0922. The van der Waals surface area contributed by atoms with Crippen molar-refractivity contribution >= 4 is 6.16 Å². The first kappa shape index (κ1) is 7.27. The smallest absolute Gasteiger partial charge is 0.438 e. The third-order valence-electron chi connectivity index (χ3n) is 0.513. The van der Waals surface area contributed by atoms with Crippen molar-refractivity contribution in [2.45, 2.75) is 13.3 Å². The number of ether oxygens (including phenoxy) is 2. The highest BCUT2D eigenvalue weighted by atomic mass is 16.7. The van der Waals surface area contributed by atoms with Crippen molar-refractivity contribution in [3.8, 4) is 0 Å². The van der Waals surface area contributed by atoms with Crippen LogP contribution < -0.4 is 0 Å². The maximum Gasteiger partial charge on any atom is 0.508 e. The van der Waals surface area contributed by atoms with Crippen LogP contribution in [0.4, 0.5) is 4.79 Å². The lowest BCUT2D eigenvalue weighted by Crippen LogP contribution is -2.00. The monoisotopic (exact) mass is 117 g/mol. The molecule has 0 bridgehead atoms. The Kier molecular flexibility index (Phi) is 4.03. The Morgan fingerprint density at radius 1 is 1.75 bits per heavy atom. The lowest BCUT2D eigenvalue weighted by atomic mass is 10.5. The minimum atomic E-state index is -0.660. The van der Waals surface area contributed by atoms with Gasteiger partial charge in [-0.1, -0.05) is 6.92 Å². The van der Waals surface area contributed by atoms with Gasteiger partial charge in [-0.25, -0.2) is 4.79 Å². The van der Waals surface area contributed by atoms with Crippen molar-refractivity contribution in [2.24, 2.45) is 0 Å². The van der Waals surface area contributed by atoms with Gasteiger partial charge in [-0.3, -0.25) is 0 Å². The van der Waals surface area contributed by atoms with Crippen molar-refractivity contribution < 1.29 is 14.3 Å². The second-order valence-electron chi connectivity index (χ2n) is 1.15. The number of hydrogen-bond acceptors (Lipinski definition) is 3. The molecule has 0 spiro atoms. The quantitative estimate of drug-likeness (QED) is 0.512. The molecule has 0 aliphatic heterocycles. The second-order valence-corrected chi connectivity index (χ2v) is 1.15. The van der Waals surface area contributed by atoms with Gasteiger partial charge in [0.1, 0.15) is 6.61 Å². The Balaban J connectivity index is 2.99. The molecule has 0 aromatic rings. The lowest BCUT2D eigenvalue weighted by Gasteiger charge is -1.96. The molecular formula is C5H9O3. The largest absolute Gasteiger partial charge is 0.508 e. The zero-order valence-electron chi connectivity index (χ0n) is 5.01. The Morgan fingerprint density at radius 2 is 2.38 bits per heavy atom. The van der Waals surface area contributed by atoms with E-state index in [1.54, 1.807) is 0 Å². The molecule has 0 saturated carbocycles. The van der Waals surface area contributed by atoms with Crippen LogP contribution in [-0.4, -0.2) is 13.3 Å². The number of methoxy groups -OCH3 is 1. The summed E-state index contributed by atoms with van der Waals surface area (Å²) in [5, 5.41) is 0. The third-order valence-corrected chi connectivity index (χ3v) is 0.513. The minimum absolute atomic E-state index is 0.660. The van der Waals surface area contributed by atoms with E-state index in [0.29, 0.717) is 6.42 Å². The number of hydrogen-bond donors (Lipinski definition) is 0. The summed E-state index contributed by atoms with van der Waals surface area (Å²) in [6.45, 7) is 3.24. The van der Waals surface area contributed by atoms with Crippen molar-refractivity contribution in [1.82, 2.24) is 0 Å². The zero-order chi connectivity index (χ0) is 6.41. The maximum absolute atomic E-state index is 10.1. The van der Waals surface area contributed by atoms with Gasteiger partial charge >= 0.3 is 6.16 Å². The molecule has 0 heterocycles. The van der Waals surface area contributed by atoms with Crippen LogP contribution >= 0.6 is 0 Å². The van der Waals surface area contributed by atoms with Gasteiger partial charge in [-0.15, -0.1) is 0 Å². The molecule has 0 atom stereocenters. The van der Waals surface area contributed by atoms with E-state index in [1.165, 1.54) is 13.7 Å². The molecule has 0 aliphatic carbocycles. The molecular weight excluding hydrogens is 108 g/mol. The van der Waals surface area contributed by atoms with Gasteiger partial charge in [-0.2, -0.15) is 0 Å². The zero-order valence-corrected chi connectivity index (χ0v) is 5.01. The van der Waals surface area contributed by atoms with Gasteiger partial charge in [0.2, 0.25) is 0 Å². The van der Waals surface area contributed by atoms with E-state index in [2.05, 4.69) is 9.47 Å². The number of carbonyl (C=O) groups is 1. The molecule has 3 nitrogen and oxygen atoms in total. The van der Waals surface area contributed by atoms with E-state index in [0.717, 1.165) is 0 Å². The Morgan fingerprint density at radius 3 is 2.75 bits per heavy atom. The van der Waals surface area contributed by atoms with Gasteiger partial charge in [-0.05, 0) is 6.42 Å². The van der Waals surface area contributed by atoms with E-state index in [1.807, 2.05) is 6.92 Å². The van der Waals surface area contributed by atoms with Crippen molar-refractivity contribution in [3.63, 3.8) is 0 Å². The highest BCUT2D eigenvalue weighted by Gasteiger charge is 1.95. The van der Waals surface area contributed by atoms with Gasteiger partial charge in [0.05, 0.1) is 7.11 Å². The van der Waals surface area contributed by atoms with E-state index in [9.17, 15) is 4.79 Å². The van der Waals surface area contributed by atoms with Crippen LogP contribution in [0.2, 0.25) is 0 Å². The molecule has 0 fully saturated rings. The van der Waals surface area contributed by atoms with Gasteiger partial charge < -0.3 is 9.47 Å². The molecule has 0 unspecified atom stereocenters. The molecule has 0 saturated heterocycles. The highest BCUT2D eigenvalue weighted by molar-refractivity contribution is 5.59.